The second-order valence-electron chi connectivity index (χ2n) is 8.91. The van der Waals surface area contributed by atoms with Crippen molar-refractivity contribution in [3.8, 4) is 28.1 Å². The van der Waals surface area contributed by atoms with Gasteiger partial charge in [-0.05, 0) is 53.7 Å². The molecule has 6 rings (SSSR count). The number of ether oxygens (including phenoxy) is 1. The lowest BCUT2D eigenvalue weighted by atomic mass is 9.97. The number of nitrogens with two attached hydrogens (primary N) is 1. The Morgan fingerprint density at radius 2 is 1.97 bits per heavy atom. The van der Waals surface area contributed by atoms with E-state index in [9.17, 15) is 9.18 Å². The average Bonchev–Trinajstić information content (AvgIpc) is 3.50. The van der Waals surface area contributed by atoms with Crippen molar-refractivity contribution >= 4 is 59.2 Å². The van der Waals surface area contributed by atoms with Gasteiger partial charge in [-0.1, -0.05) is 29.8 Å². The van der Waals surface area contributed by atoms with Crippen LogP contribution < -0.4 is 21.3 Å². The molecule has 39 heavy (non-hydrogen) atoms. The number of pyridine rings is 1. The molecular weight excluding hydrogens is 558 g/mol. The monoisotopic (exact) mass is 578 g/mol. The number of benzene rings is 2. The van der Waals surface area contributed by atoms with Crippen LogP contribution in [0, 0.1) is 5.82 Å². The second kappa shape index (κ2) is 9.72. The summed E-state index contributed by atoms with van der Waals surface area (Å²) >= 11 is 7.77. The molecule has 0 amide bonds. The first-order chi connectivity index (χ1) is 18.8. The van der Waals surface area contributed by atoms with Gasteiger partial charge in [0.15, 0.2) is 17.2 Å². The number of methoxy groups -OCH3 is 1. The van der Waals surface area contributed by atoms with Gasteiger partial charge < -0.3 is 10.5 Å². The molecule has 0 aliphatic carbocycles. The minimum atomic E-state index is -0.533. The lowest BCUT2D eigenvalue weighted by molar-refractivity contribution is 0.386. The van der Waals surface area contributed by atoms with Gasteiger partial charge in [-0.15, -0.1) is 20.6 Å². The number of hydrogen-bond acceptors (Lipinski definition) is 7. The molecule has 4 aromatic heterocycles. The number of rotatable bonds is 5. The van der Waals surface area contributed by atoms with Crippen LogP contribution in [0.5, 0.6) is 5.75 Å². The minimum absolute atomic E-state index is 0.115. The third-order valence-corrected chi connectivity index (χ3v) is 8.28. The number of halogens is 2. The normalized spacial score (nSPS) is 12.3. The van der Waals surface area contributed by atoms with Gasteiger partial charge in [0, 0.05) is 10.9 Å². The Morgan fingerprint density at radius 3 is 2.72 bits per heavy atom. The predicted molar refractivity (Wildman–Crippen MR) is 157 cm³/mol. The van der Waals surface area contributed by atoms with E-state index in [1.165, 1.54) is 41.3 Å². The largest absolute Gasteiger partial charge is 0.494 e. The summed E-state index contributed by atoms with van der Waals surface area (Å²) in [7, 11) is 4.06. The molecule has 12 heteroatoms. The van der Waals surface area contributed by atoms with E-state index in [1.807, 2.05) is 37.3 Å². The van der Waals surface area contributed by atoms with Gasteiger partial charge in [0.05, 0.1) is 24.1 Å². The number of thiazole rings is 1. The molecule has 0 radical (unpaired) electrons. The van der Waals surface area contributed by atoms with Gasteiger partial charge in [-0.2, -0.15) is 5.10 Å². The topological polar surface area (TPSA) is 100 Å². The molecular formula is C27H21ClFN6O2PS. The van der Waals surface area contributed by atoms with Crippen molar-refractivity contribution < 1.29 is 9.13 Å². The highest BCUT2D eigenvalue weighted by molar-refractivity contribution is 7.27. The molecule has 8 nitrogen and oxygen atoms in total. The van der Waals surface area contributed by atoms with Crippen molar-refractivity contribution in [2.45, 2.75) is 13.0 Å². The van der Waals surface area contributed by atoms with Crippen molar-refractivity contribution in [2.24, 2.45) is 0 Å². The van der Waals surface area contributed by atoms with Crippen molar-refractivity contribution in [3.05, 3.63) is 87.1 Å². The Morgan fingerprint density at radius 1 is 1.15 bits per heavy atom. The van der Waals surface area contributed by atoms with E-state index >= 15 is 0 Å². The Kier molecular flexibility index (Phi) is 6.33. The maximum Gasteiger partial charge on any atom is 0.265 e. The van der Waals surface area contributed by atoms with Crippen LogP contribution in [-0.2, 0) is 0 Å². The zero-order valence-electron chi connectivity index (χ0n) is 20.7. The van der Waals surface area contributed by atoms with E-state index in [0.29, 0.717) is 37.8 Å². The van der Waals surface area contributed by atoms with E-state index in [0.717, 1.165) is 16.4 Å². The van der Waals surface area contributed by atoms with Gasteiger partial charge in [0.2, 0.25) is 0 Å². The zero-order valence-corrected chi connectivity index (χ0v) is 23.4. The van der Waals surface area contributed by atoms with Gasteiger partial charge in [-0.25, -0.2) is 19.0 Å². The number of nitrogen functional groups attached to an aromatic ring is 1. The van der Waals surface area contributed by atoms with Crippen LogP contribution in [0.25, 0.3) is 38.2 Å². The lowest BCUT2D eigenvalue weighted by Crippen LogP contribution is -2.21. The summed E-state index contributed by atoms with van der Waals surface area (Å²) in [5.41, 5.74) is 9.38. The Labute approximate surface area is 233 Å². The molecule has 0 saturated carbocycles. The summed E-state index contributed by atoms with van der Waals surface area (Å²) in [4.78, 5) is 23.2. The molecule has 4 heterocycles. The molecule has 0 saturated heterocycles. The number of hydrogen-bond donors (Lipinski definition) is 1. The van der Waals surface area contributed by atoms with E-state index in [2.05, 4.69) is 19.2 Å². The van der Waals surface area contributed by atoms with Crippen LogP contribution in [0.2, 0.25) is 5.15 Å². The number of anilines is 1. The van der Waals surface area contributed by atoms with Crippen LogP contribution in [0.3, 0.4) is 0 Å². The standard InChI is InChI=1S/C27H21ClFN6O2PS/c1-13(17-10-21-34(20(28)11-39-21)27(36)22(17)14-4-3-5-16(38)8-14)35-26-23(25(30)31-12-32-26)24(33-35)15-6-7-19(37-2)18(29)9-15/h3-13H,38H2,1-2H3,(H2,30,31,32)/t13-/m0/s1. The summed E-state index contributed by atoms with van der Waals surface area (Å²) in [6, 6.07) is 13.7. The van der Waals surface area contributed by atoms with E-state index in [1.54, 1.807) is 16.1 Å². The van der Waals surface area contributed by atoms with Crippen molar-refractivity contribution in [3.63, 3.8) is 0 Å². The molecule has 0 aliphatic heterocycles. The van der Waals surface area contributed by atoms with Gasteiger partial charge in [0.1, 0.15) is 27.8 Å². The predicted octanol–water partition coefficient (Wildman–Crippen LogP) is 5.33. The minimum Gasteiger partial charge on any atom is -0.494 e. The van der Waals surface area contributed by atoms with Crippen LogP contribution in [0.4, 0.5) is 10.2 Å². The molecule has 2 aromatic carbocycles. The summed E-state index contributed by atoms with van der Waals surface area (Å²) in [5, 5.41) is 8.34. The molecule has 0 fully saturated rings. The van der Waals surface area contributed by atoms with E-state index in [4.69, 9.17) is 27.2 Å². The molecule has 2 N–H and O–H groups in total. The maximum atomic E-state index is 14.7. The fourth-order valence-electron chi connectivity index (χ4n) is 4.78. The van der Waals surface area contributed by atoms with Gasteiger partial charge in [-0.3, -0.25) is 9.20 Å². The zero-order chi connectivity index (χ0) is 27.4. The summed E-state index contributed by atoms with van der Waals surface area (Å²) in [6.07, 6.45) is 1.36. The van der Waals surface area contributed by atoms with Crippen molar-refractivity contribution in [1.82, 2.24) is 24.1 Å². The smallest absolute Gasteiger partial charge is 0.265 e. The molecule has 0 bridgehead atoms. The van der Waals surface area contributed by atoms with Crippen LogP contribution in [0.1, 0.15) is 18.5 Å². The SMILES string of the molecule is COc1ccc(-c2nn([C@@H](C)c3cc4scc(Cl)n4c(=O)c3-c3cccc(P)c3)c3ncnc(N)c23)cc1F. The molecule has 1 unspecified atom stereocenters. The van der Waals surface area contributed by atoms with Crippen LogP contribution in [-0.4, -0.2) is 31.3 Å². The quantitative estimate of drug-likeness (QED) is 0.278. The molecule has 2 atom stereocenters. The fourth-order valence-corrected chi connectivity index (χ4v) is 6.23. The summed E-state index contributed by atoms with van der Waals surface area (Å²) in [6.45, 7) is 1.93. The van der Waals surface area contributed by atoms with Gasteiger partial charge in [0.25, 0.3) is 5.56 Å². The first-order valence-electron chi connectivity index (χ1n) is 11.8. The first-order valence-corrected chi connectivity index (χ1v) is 13.6. The highest BCUT2D eigenvalue weighted by Crippen LogP contribution is 2.37. The van der Waals surface area contributed by atoms with Gasteiger partial charge >= 0.3 is 0 Å². The first kappa shape index (κ1) is 25.4. The fraction of sp³-hybridized carbons (Fsp3) is 0.111. The lowest BCUT2D eigenvalue weighted by Gasteiger charge is -2.18. The molecule has 6 aromatic rings. The summed E-state index contributed by atoms with van der Waals surface area (Å²) < 4.78 is 22.9. The molecule has 0 spiro atoms. The number of fused-ring (bicyclic) bond motifs is 2. The number of aromatic nitrogens is 5. The third-order valence-electron chi connectivity index (χ3n) is 6.63. The average molecular weight is 579 g/mol. The van der Waals surface area contributed by atoms with Crippen molar-refractivity contribution in [2.75, 3.05) is 12.8 Å². The molecule has 196 valence electrons. The number of nitrogens with zero attached hydrogens (tertiary/aromatic N) is 5. The van der Waals surface area contributed by atoms with Crippen LogP contribution in [0.15, 0.2) is 65.0 Å². The Hall–Kier alpha value is -3.85. The molecule has 0 aliphatic rings. The maximum absolute atomic E-state index is 14.7. The van der Waals surface area contributed by atoms with Crippen LogP contribution >= 0.6 is 32.2 Å². The third kappa shape index (κ3) is 4.16. The Balaban J connectivity index is 1.63. The highest BCUT2D eigenvalue weighted by Gasteiger charge is 2.26. The van der Waals surface area contributed by atoms with Crippen molar-refractivity contribution in [1.29, 1.82) is 0 Å². The summed E-state index contributed by atoms with van der Waals surface area (Å²) in [5.74, 6) is -0.209. The Bertz CT molecular complexity index is 1970. The highest BCUT2D eigenvalue weighted by atomic mass is 35.5. The second-order valence-corrected chi connectivity index (χ2v) is 10.9. The van der Waals surface area contributed by atoms with E-state index in [-0.39, 0.29) is 17.1 Å². The van der Waals surface area contributed by atoms with E-state index < -0.39 is 11.9 Å².